The first-order valence-corrected chi connectivity index (χ1v) is 8.43. The van der Waals surface area contributed by atoms with E-state index in [1.54, 1.807) is 14.0 Å². The minimum Gasteiger partial charge on any atom is -0.497 e. The van der Waals surface area contributed by atoms with Crippen molar-refractivity contribution in [1.29, 1.82) is 0 Å². The minimum atomic E-state index is -0.998. The summed E-state index contributed by atoms with van der Waals surface area (Å²) in [7, 11) is 1.61. The Balaban J connectivity index is 1.96. The number of imide groups is 1. The molecule has 1 fully saturated rings. The van der Waals surface area contributed by atoms with Crippen LogP contribution in [0.3, 0.4) is 0 Å². The van der Waals surface area contributed by atoms with Crippen LogP contribution in [0.15, 0.2) is 24.3 Å². The molecule has 7 nitrogen and oxygen atoms in total. The predicted octanol–water partition coefficient (Wildman–Crippen LogP) is 1.46. The van der Waals surface area contributed by atoms with Gasteiger partial charge in [-0.1, -0.05) is 19.1 Å². The van der Waals surface area contributed by atoms with E-state index in [2.05, 4.69) is 10.6 Å². The monoisotopic (exact) mass is 347 g/mol. The lowest BCUT2D eigenvalue weighted by atomic mass is 9.93. The molecule has 1 aliphatic rings. The van der Waals surface area contributed by atoms with E-state index in [1.165, 1.54) is 0 Å². The number of methoxy groups -OCH3 is 1. The van der Waals surface area contributed by atoms with Gasteiger partial charge in [-0.15, -0.1) is 0 Å². The van der Waals surface area contributed by atoms with Gasteiger partial charge in [-0.25, -0.2) is 4.79 Å². The molecule has 2 rings (SSSR count). The second kappa shape index (κ2) is 8.00. The number of carbonyl (C=O) groups is 3. The van der Waals surface area contributed by atoms with Crippen LogP contribution in [0.1, 0.15) is 32.3 Å². The molecule has 0 radical (unpaired) electrons. The number of rotatable bonds is 8. The number of urea groups is 1. The Morgan fingerprint density at radius 1 is 1.28 bits per heavy atom. The molecule has 1 saturated heterocycles. The Bertz CT molecular complexity index is 644. The summed E-state index contributed by atoms with van der Waals surface area (Å²) in [6.07, 6.45) is 1.88. The standard InChI is InChI=1S/C18H25N3O4/c1-4-11-19-15(22)12-21-16(23)18(2,20-17(21)24)10-9-13-5-7-14(25-3)8-6-13/h5-8H,4,9-12H2,1-3H3,(H,19,22)(H,20,24)/t18-/m0/s1. The van der Waals surface area contributed by atoms with Gasteiger partial charge in [-0.3, -0.25) is 14.5 Å². The topological polar surface area (TPSA) is 87.7 Å². The molecule has 136 valence electrons. The summed E-state index contributed by atoms with van der Waals surface area (Å²) in [6.45, 7) is 3.91. The Morgan fingerprint density at radius 2 is 1.96 bits per heavy atom. The van der Waals surface area contributed by atoms with Crippen molar-refractivity contribution < 1.29 is 19.1 Å². The highest BCUT2D eigenvalue weighted by Crippen LogP contribution is 2.23. The molecule has 1 aliphatic heterocycles. The quantitative estimate of drug-likeness (QED) is 0.697. The van der Waals surface area contributed by atoms with Crippen LogP contribution in [-0.4, -0.2) is 48.5 Å². The lowest BCUT2D eigenvalue weighted by molar-refractivity contribution is -0.134. The summed E-state index contributed by atoms with van der Waals surface area (Å²) in [6, 6.07) is 7.06. The van der Waals surface area contributed by atoms with Gasteiger partial charge < -0.3 is 15.4 Å². The lowest BCUT2D eigenvalue weighted by Gasteiger charge is -2.21. The number of hydrogen-bond acceptors (Lipinski definition) is 4. The third-order valence-electron chi connectivity index (χ3n) is 4.29. The first-order chi connectivity index (χ1) is 11.9. The van der Waals surface area contributed by atoms with Crippen molar-refractivity contribution >= 4 is 17.8 Å². The summed E-state index contributed by atoms with van der Waals surface area (Å²) >= 11 is 0. The molecular formula is C18H25N3O4. The van der Waals surface area contributed by atoms with Crippen LogP contribution in [-0.2, 0) is 16.0 Å². The number of amides is 4. The zero-order valence-corrected chi connectivity index (χ0v) is 14.9. The third kappa shape index (κ3) is 4.49. The molecule has 0 unspecified atom stereocenters. The normalized spacial score (nSPS) is 19.7. The van der Waals surface area contributed by atoms with Crippen LogP contribution in [0.25, 0.3) is 0 Å². The first-order valence-electron chi connectivity index (χ1n) is 8.43. The summed E-state index contributed by atoms with van der Waals surface area (Å²) in [5.74, 6) is 0.0758. The number of carbonyl (C=O) groups excluding carboxylic acids is 3. The van der Waals surface area contributed by atoms with Crippen molar-refractivity contribution in [3.8, 4) is 5.75 Å². The zero-order chi connectivity index (χ0) is 18.4. The van der Waals surface area contributed by atoms with Crippen LogP contribution < -0.4 is 15.4 Å². The van der Waals surface area contributed by atoms with Crippen molar-refractivity contribution in [3.05, 3.63) is 29.8 Å². The highest BCUT2D eigenvalue weighted by Gasteiger charge is 2.47. The van der Waals surface area contributed by atoms with E-state index in [9.17, 15) is 14.4 Å². The number of nitrogens with zero attached hydrogens (tertiary/aromatic N) is 1. The van der Waals surface area contributed by atoms with Gasteiger partial charge in [0.1, 0.15) is 17.8 Å². The van der Waals surface area contributed by atoms with Gasteiger partial charge in [0.25, 0.3) is 5.91 Å². The Labute approximate surface area is 147 Å². The lowest BCUT2D eigenvalue weighted by Crippen LogP contribution is -2.45. The molecule has 0 saturated carbocycles. The van der Waals surface area contributed by atoms with E-state index in [4.69, 9.17) is 4.74 Å². The molecule has 1 atom stereocenters. The van der Waals surface area contributed by atoms with Crippen molar-refractivity contribution in [3.63, 3.8) is 0 Å². The van der Waals surface area contributed by atoms with Crippen molar-refractivity contribution in [2.75, 3.05) is 20.2 Å². The van der Waals surface area contributed by atoms with E-state index in [0.717, 1.165) is 22.6 Å². The number of ether oxygens (including phenoxy) is 1. The first kappa shape index (κ1) is 18.8. The molecule has 1 heterocycles. The maximum Gasteiger partial charge on any atom is 0.325 e. The second-order valence-corrected chi connectivity index (χ2v) is 6.35. The van der Waals surface area contributed by atoms with E-state index < -0.39 is 11.6 Å². The van der Waals surface area contributed by atoms with E-state index in [1.807, 2.05) is 31.2 Å². The van der Waals surface area contributed by atoms with Crippen LogP contribution in [0.5, 0.6) is 5.75 Å². The molecule has 1 aromatic rings. The summed E-state index contributed by atoms with van der Waals surface area (Å²) < 4.78 is 5.12. The molecular weight excluding hydrogens is 322 g/mol. The Kier molecular flexibility index (Phi) is 6.01. The molecule has 2 N–H and O–H groups in total. The average molecular weight is 347 g/mol. The maximum atomic E-state index is 12.6. The fourth-order valence-electron chi connectivity index (χ4n) is 2.71. The highest BCUT2D eigenvalue weighted by molar-refractivity contribution is 6.08. The number of nitrogens with one attached hydrogen (secondary N) is 2. The second-order valence-electron chi connectivity index (χ2n) is 6.35. The molecule has 0 bridgehead atoms. The largest absolute Gasteiger partial charge is 0.497 e. The molecule has 7 heteroatoms. The van der Waals surface area contributed by atoms with Gasteiger partial charge >= 0.3 is 6.03 Å². The van der Waals surface area contributed by atoms with Crippen LogP contribution in [0.4, 0.5) is 4.79 Å². The van der Waals surface area contributed by atoms with Gasteiger partial charge in [-0.05, 0) is 43.9 Å². The van der Waals surface area contributed by atoms with E-state index in [0.29, 0.717) is 19.4 Å². The SMILES string of the molecule is CCCNC(=O)CN1C(=O)N[C@@](C)(CCc2ccc(OC)cc2)C1=O. The van der Waals surface area contributed by atoms with Gasteiger partial charge in [0.2, 0.25) is 5.91 Å². The van der Waals surface area contributed by atoms with Crippen LogP contribution in [0, 0.1) is 0 Å². The van der Waals surface area contributed by atoms with Gasteiger partial charge in [0, 0.05) is 6.54 Å². The third-order valence-corrected chi connectivity index (χ3v) is 4.29. The molecule has 0 spiro atoms. The predicted molar refractivity (Wildman–Crippen MR) is 93.3 cm³/mol. The fraction of sp³-hybridized carbons (Fsp3) is 0.500. The Hall–Kier alpha value is -2.57. The van der Waals surface area contributed by atoms with E-state index >= 15 is 0 Å². The van der Waals surface area contributed by atoms with Crippen molar-refractivity contribution in [1.82, 2.24) is 15.5 Å². The van der Waals surface area contributed by atoms with Crippen molar-refractivity contribution in [2.45, 2.75) is 38.6 Å². The van der Waals surface area contributed by atoms with Crippen LogP contribution in [0.2, 0.25) is 0 Å². The van der Waals surface area contributed by atoms with Crippen LogP contribution >= 0.6 is 0 Å². The van der Waals surface area contributed by atoms with Crippen molar-refractivity contribution in [2.24, 2.45) is 0 Å². The van der Waals surface area contributed by atoms with Gasteiger partial charge in [-0.2, -0.15) is 0 Å². The highest BCUT2D eigenvalue weighted by atomic mass is 16.5. The number of aryl methyl sites for hydroxylation is 1. The summed E-state index contributed by atoms with van der Waals surface area (Å²) in [5.41, 5.74) is 0.0467. The summed E-state index contributed by atoms with van der Waals surface area (Å²) in [4.78, 5) is 37.5. The maximum absolute atomic E-state index is 12.6. The van der Waals surface area contributed by atoms with E-state index in [-0.39, 0.29) is 18.4 Å². The molecule has 0 aromatic heterocycles. The molecule has 1 aromatic carbocycles. The molecule has 4 amide bonds. The summed E-state index contributed by atoms with van der Waals surface area (Å²) in [5, 5.41) is 5.39. The smallest absolute Gasteiger partial charge is 0.325 e. The molecule has 25 heavy (non-hydrogen) atoms. The molecule has 0 aliphatic carbocycles. The minimum absolute atomic E-state index is 0.247. The number of benzene rings is 1. The Morgan fingerprint density at radius 3 is 2.56 bits per heavy atom. The average Bonchev–Trinajstić information content (AvgIpc) is 2.82. The van der Waals surface area contributed by atoms with Gasteiger partial charge in [0.05, 0.1) is 7.11 Å². The zero-order valence-electron chi connectivity index (χ0n) is 14.9. The number of hydrogen-bond donors (Lipinski definition) is 2. The fourth-order valence-corrected chi connectivity index (χ4v) is 2.71. The van der Waals surface area contributed by atoms with Gasteiger partial charge in [0.15, 0.2) is 0 Å².